The van der Waals surface area contributed by atoms with Crippen LogP contribution in [0.2, 0.25) is 5.02 Å². The SMILES string of the molecule is COCCN(CC(=O)Nc1cc(C(C)(C)C)nn1-c1ccccc1C)C(=O)c1ccc(Cl)cc1. The summed E-state index contributed by atoms with van der Waals surface area (Å²) in [5.74, 6) is -0.0462. The summed E-state index contributed by atoms with van der Waals surface area (Å²) in [6.45, 7) is 8.66. The molecule has 0 fully saturated rings. The van der Waals surface area contributed by atoms with Crippen LogP contribution in [-0.4, -0.2) is 53.3 Å². The number of benzene rings is 2. The fourth-order valence-corrected chi connectivity index (χ4v) is 3.53. The smallest absolute Gasteiger partial charge is 0.254 e. The molecule has 0 aliphatic rings. The summed E-state index contributed by atoms with van der Waals surface area (Å²) in [7, 11) is 1.56. The average molecular weight is 483 g/mol. The molecule has 1 aromatic heterocycles. The maximum absolute atomic E-state index is 13.1. The van der Waals surface area contributed by atoms with Gasteiger partial charge in [-0.15, -0.1) is 0 Å². The van der Waals surface area contributed by atoms with Crippen LogP contribution in [0.5, 0.6) is 0 Å². The molecular formula is C26H31ClN4O3. The first-order valence-corrected chi connectivity index (χ1v) is 11.5. The Bertz CT molecular complexity index is 1150. The molecule has 7 nitrogen and oxygen atoms in total. The van der Waals surface area contributed by atoms with Crippen molar-refractivity contribution in [2.45, 2.75) is 33.1 Å². The molecule has 0 bridgehead atoms. The number of hydrogen-bond acceptors (Lipinski definition) is 4. The van der Waals surface area contributed by atoms with E-state index in [9.17, 15) is 9.59 Å². The molecule has 2 aromatic carbocycles. The van der Waals surface area contributed by atoms with Crippen LogP contribution in [0.3, 0.4) is 0 Å². The van der Waals surface area contributed by atoms with Gasteiger partial charge in [-0.3, -0.25) is 9.59 Å². The van der Waals surface area contributed by atoms with Crippen LogP contribution in [0.1, 0.15) is 42.4 Å². The van der Waals surface area contributed by atoms with E-state index in [1.54, 1.807) is 36.1 Å². The molecule has 0 aliphatic heterocycles. The van der Waals surface area contributed by atoms with Gasteiger partial charge in [-0.2, -0.15) is 5.10 Å². The molecule has 180 valence electrons. The van der Waals surface area contributed by atoms with Crippen LogP contribution >= 0.6 is 11.6 Å². The number of carbonyl (C=O) groups is 2. The summed E-state index contributed by atoms with van der Waals surface area (Å²) in [5.41, 5.74) is 3.00. The van der Waals surface area contributed by atoms with Gasteiger partial charge in [0.1, 0.15) is 12.4 Å². The van der Waals surface area contributed by atoms with E-state index in [0.29, 0.717) is 23.0 Å². The van der Waals surface area contributed by atoms with Crippen LogP contribution in [0.25, 0.3) is 5.69 Å². The van der Waals surface area contributed by atoms with E-state index in [-0.39, 0.29) is 30.3 Å². The van der Waals surface area contributed by atoms with E-state index in [4.69, 9.17) is 21.4 Å². The summed E-state index contributed by atoms with van der Waals surface area (Å²) in [5, 5.41) is 8.27. The van der Waals surface area contributed by atoms with Crippen LogP contribution < -0.4 is 5.32 Å². The highest BCUT2D eigenvalue weighted by Crippen LogP contribution is 2.27. The van der Waals surface area contributed by atoms with Crippen molar-refractivity contribution in [1.29, 1.82) is 0 Å². The monoisotopic (exact) mass is 482 g/mol. The average Bonchev–Trinajstić information content (AvgIpc) is 3.21. The maximum atomic E-state index is 13.1. The highest BCUT2D eigenvalue weighted by Gasteiger charge is 2.24. The number of halogens is 1. The largest absolute Gasteiger partial charge is 0.383 e. The van der Waals surface area contributed by atoms with E-state index in [2.05, 4.69) is 26.1 Å². The zero-order valence-corrected chi connectivity index (χ0v) is 21.0. The number of ether oxygens (including phenoxy) is 1. The van der Waals surface area contributed by atoms with E-state index in [0.717, 1.165) is 16.9 Å². The minimum atomic E-state index is -0.325. The van der Waals surface area contributed by atoms with E-state index in [1.807, 2.05) is 37.3 Å². The van der Waals surface area contributed by atoms with Gasteiger partial charge in [0.25, 0.3) is 5.91 Å². The zero-order chi connectivity index (χ0) is 24.9. The zero-order valence-electron chi connectivity index (χ0n) is 20.3. The van der Waals surface area contributed by atoms with Crippen molar-refractivity contribution < 1.29 is 14.3 Å². The number of nitrogens with zero attached hydrogens (tertiary/aromatic N) is 3. The first-order chi connectivity index (χ1) is 16.1. The quantitative estimate of drug-likeness (QED) is 0.497. The Morgan fingerprint density at radius 1 is 1.12 bits per heavy atom. The second-order valence-corrected chi connectivity index (χ2v) is 9.57. The molecule has 0 aliphatic carbocycles. The Kier molecular flexibility index (Phi) is 8.12. The topological polar surface area (TPSA) is 76.5 Å². The van der Waals surface area contributed by atoms with Crippen LogP contribution in [0, 0.1) is 6.92 Å². The molecule has 2 amide bonds. The van der Waals surface area contributed by atoms with Gasteiger partial charge in [0, 0.05) is 35.7 Å². The lowest BCUT2D eigenvalue weighted by molar-refractivity contribution is -0.117. The second-order valence-electron chi connectivity index (χ2n) is 9.14. The Morgan fingerprint density at radius 2 is 1.79 bits per heavy atom. The number of aryl methyl sites for hydroxylation is 1. The van der Waals surface area contributed by atoms with Crippen LogP contribution in [0.15, 0.2) is 54.6 Å². The highest BCUT2D eigenvalue weighted by molar-refractivity contribution is 6.30. The number of anilines is 1. The lowest BCUT2D eigenvalue weighted by Crippen LogP contribution is -2.40. The molecule has 3 rings (SSSR count). The van der Waals surface area contributed by atoms with Crippen molar-refractivity contribution in [1.82, 2.24) is 14.7 Å². The normalized spacial score (nSPS) is 11.4. The van der Waals surface area contributed by atoms with Gasteiger partial charge >= 0.3 is 0 Å². The molecule has 1 heterocycles. The molecular weight excluding hydrogens is 452 g/mol. The van der Waals surface area contributed by atoms with Gasteiger partial charge in [-0.1, -0.05) is 50.6 Å². The number of methoxy groups -OCH3 is 1. The molecule has 0 saturated carbocycles. The standard InChI is InChI=1S/C26H31ClN4O3/c1-18-8-6-7-9-21(18)31-23(16-22(29-31)26(2,3)4)28-24(32)17-30(14-15-34-5)25(33)19-10-12-20(27)13-11-19/h6-13,16H,14-15,17H2,1-5H3,(H,28,32). The first-order valence-electron chi connectivity index (χ1n) is 11.1. The van der Waals surface area contributed by atoms with E-state index in [1.165, 1.54) is 4.90 Å². The number of para-hydroxylation sites is 1. The Hall–Kier alpha value is -3.16. The summed E-state index contributed by atoms with van der Waals surface area (Å²) in [4.78, 5) is 27.6. The van der Waals surface area contributed by atoms with E-state index < -0.39 is 0 Å². The molecule has 3 aromatic rings. The lowest BCUT2D eigenvalue weighted by Gasteiger charge is -2.22. The predicted molar refractivity (Wildman–Crippen MR) is 135 cm³/mol. The summed E-state index contributed by atoms with van der Waals surface area (Å²) in [6, 6.07) is 16.3. The molecule has 34 heavy (non-hydrogen) atoms. The highest BCUT2D eigenvalue weighted by atomic mass is 35.5. The van der Waals surface area contributed by atoms with E-state index >= 15 is 0 Å². The number of nitrogens with one attached hydrogen (secondary N) is 1. The molecule has 0 atom stereocenters. The molecule has 0 radical (unpaired) electrons. The van der Waals surface area contributed by atoms with Crippen molar-refractivity contribution >= 4 is 29.2 Å². The van der Waals surface area contributed by atoms with Crippen molar-refractivity contribution in [2.24, 2.45) is 0 Å². The molecule has 0 saturated heterocycles. The van der Waals surface area contributed by atoms with Gasteiger partial charge in [-0.25, -0.2) is 4.68 Å². The number of amides is 2. The Labute approximate surface area is 205 Å². The second kappa shape index (κ2) is 10.8. The third-order valence-corrected chi connectivity index (χ3v) is 5.62. The number of hydrogen-bond donors (Lipinski definition) is 1. The molecule has 0 spiro atoms. The fraction of sp³-hybridized carbons (Fsp3) is 0.346. The fourth-order valence-electron chi connectivity index (χ4n) is 3.41. The Balaban J connectivity index is 1.86. The van der Waals surface area contributed by atoms with Gasteiger partial charge in [-0.05, 0) is 42.8 Å². The third-order valence-electron chi connectivity index (χ3n) is 5.37. The number of carbonyl (C=O) groups excluding carboxylic acids is 2. The predicted octanol–water partition coefficient (Wildman–Crippen LogP) is 4.86. The third kappa shape index (κ3) is 6.24. The Morgan fingerprint density at radius 3 is 2.41 bits per heavy atom. The lowest BCUT2D eigenvalue weighted by atomic mass is 9.92. The molecule has 0 unspecified atom stereocenters. The summed E-state index contributed by atoms with van der Waals surface area (Å²) in [6.07, 6.45) is 0. The maximum Gasteiger partial charge on any atom is 0.254 e. The molecule has 8 heteroatoms. The van der Waals surface area contributed by atoms with Crippen molar-refractivity contribution in [3.05, 3.63) is 76.4 Å². The summed E-state index contributed by atoms with van der Waals surface area (Å²) >= 11 is 5.95. The minimum Gasteiger partial charge on any atom is -0.383 e. The number of aromatic nitrogens is 2. The van der Waals surface area contributed by atoms with Crippen molar-refractivity contribution in [3.63, 3.8) is 0 Å². The minimum absolute atomic E-state index is 0.130. The van der Waals surface area contributed by atoms with Gasteiger partial charge in [0.05, 0.1) is 18.0 Å². The van der Waals surface area contributed by atoms with Crippen molar-refractivity contribution in [3.8, 4) is 5.69 Å². The number of rotatable bonds is 8. The summed E-state index contributed by atoms with van der Waals surface area (Å²) < 4.78 is 6.89. The first kappa shape index (κ1) is 25.5. The van der Waals surface area contributed by atoms with Gasteiger partial charge in [0.2, 0.25) is 5.91 Å². The van der Waals surface area contributed by atoms with Crippen molar-refractivity contribution in [2.75, 3.05) is 32.1 Å². The van der Waals surface area contributed by atoms with Crippen LogP contribution in [0.4, 0.5) is 5.82 Å². The van der Waals surface area contributed by atoms with Crippen LogP contribution in [-0.2, 0) is 14.9 Å². The molecule has 1 N–H and O–H groups in total. The van der Waals surface area contributed by atoms with Gasteiger partial charge in [0.15, 0.2) is 0 Å². The van der Waals surface area contributed by atoms with Gasteiger partial charge < -0.3 is 15.0 Å².